The van der Waals surface area contributed by atoms with Crippen LogP contribution in [-0.2, 0) is 67.3 Å². The maximum atomic E-state index is 11.5. The maximum Gasteiger partial charge on any atom is 0.327 e. The minimum Gasteiger partial charge on any atom is -0.468 e. The molecule has 85 heavy (non-hydrogen) atoms. The average molecular weight is 1270 g/mol. The van der Waals surface area contributed by atoms with E-state index in [4.69, 9.17) is 23.2 Å². The number of nitrogens with zero attached hydrogens (tertiary/aromatic N) is 11. The number of rotatable bonds is 16. The van der Waals surface area contributed by atoms with E-state index in [1.54, 1.807) is 92.8 Å². The molecule has 0 saturated heterocycles. The second-order valence-corrected chi connectivity index (χ2v) is 17.6. The van der Waals surface area contributed by atoms with E-state index in [1.807, 2.05) is 54.6 Å². The number of nitrogen functional groups attached to an aromatic ring is 1. The number of amides is 2. The Hall–Kier alpha value is -10.5. The van der Waals surface area contributed by atoms with Crippen molar-refractivity contribution in [3.05, 3.63) is 155 Å². The number of halogens is 1. The molecule has 0 bridgehead atoms. The van der Waals surface area contributed by atoms with Gasteiger partial charge in [-0.15, -0.1) is 6.42 Å². The highest BCUT2D eigenvalue weighted by atomic mass is 127. The molecule has 2 amide bonds. The number of hydrogen-bond donors (Lipinski definition) is 4. The number of hydrogen-bond acceptors (Lipinski definition) is 21. The summed E-state index contributed by atoms with van der Waals surface area (Å²) in [6, 6.07) is 29.0. The Kier molecular flexibility index (Phi) is 30.9. The molecule has 0 saturated carbocycles. The summed E-state index contributed by atoms with van der Waals surface area (Å²) < 4.78 is 23.3. The third-order valence-corrected chi connectivity index (χ3v) is 11.3. The molecule has 0 unspecified atom stereocenters. The number of terminal acetylenes is 1. The summed E-state index contributed by atoms with van der Waals surface area (Å²) >= 11 is 2.08. The number of methoxy groups -OCH3 is 3. The molecule has 0 aliphatic heterocycles. The first-order valence-electron chi connectivity index (χ1n) is 25.2. The standard InChI is InChI=1S/C13H13IN4O3.C13H14N4O3.C11H12N4O2.C8H6N2O.C8H6.C5H11NO2/c1-8(19)16-13-11(14)12(9-4-3-5-15-6-9)17-18(13)7-10(20)21-2;1-9(18)15-12-6-11(10-4-3-5-14-7-10)16-17(12)8-13(19)20-2;1-17-11(16)7-15-10(12)5-9(14-15)8-3-2-4-13-6-8;9-4-3-8(11)7-2-1-5-10-6-7;1-2-8-6-4-3-5-7-8;1-2-8-5(7)3-4-6/h3-6H,7H2,1-2H3,(H,16,19);3-7H,8H2,1-2H3,(H,15,18);2-6H,7,12H2,1H3;1-2,5-6H,3H2;1,3-7H;2-4,6H2,1H3. The van der Waals surface area contributed by atoms with Crippen LogP contribution < -0.4 is 22.1 Å². The van der Waals surface area contributed by atoms with Crippen LogP contribution in [0.25, 0.3) is 33.8 Å². The number of carbonyl (C=O) groups excluding carboxylic acids is 7. The number of anilines is 3. The number of esters is 4. The van der Waals surface area contributed by atoms with Crippen molar-refractivity contribution >= 4 is 81.5 Å². The molecule has 0 aliphatic rings. The Balaban J connectivity index is 0.000000277. The third kappa shape index (κ3) is 25.0. The van der Waals surface area contributed by atoms with Crippen LogP contribution in [0, 0.1) is 27.2 Å². The van der Waals surface area contributed by atoms with Crippen molar-refractivity contribution in [1.82, 2.24) is 49.3 Å². The molecule has 0 spiro atoms. The zero-order valence-electron chi connectivity index (χ0n) is 47.2. The normalized spacial score (nSPS) is 9.62. The SMILES string of the molecule is C#Cc1ccccc1.CCOC(=O)CCN.COC(=O)Cn1nc(-c2cccnc2)c(I)c1NC(C)=O.COC(=O)Cn1nc(-c2cccnc2)cc1N.COC(=O)Cn1nc(-c2cccnc2)cc1NC(C)=O.N#CCC(=O)c1cccnc1. The van der Waals surface area contributed by atoms with Gasteiger partial charge in [-0.05, 0) is 90.2 Å². The van der Waals surface area contributed by atoms with Gasteiger partial charge in [0.15, 0.2) is 5.78 Å². The molecular weight excluding hydrogens is 1210 g/mol. The fourth-order valence-electron chi connectivity index (χ4n) is 6.36. The highest BCUT2D eigenvalue weighted by Gasteiger charge is 2.20. The van der Waals surface area contributed by atoms with Crippen LogP contribution in [-0.4, -0.2) is 125 Å². The molecule has 7 aromatic heterocycles. The van der Waals surface area contributed by atoms with E-state index in [1.165, 1.54) is 55.4 Å². The number of Topliss-reactive ketones (excluding diaryl/α,β-unsaturated/α-hetero) is 1. The number of nitriles is 1. The molecular formula is C58H62IN15O11. The lowest BCUT2D eigenvalue weighted by Gasteiger charge is -2.06. The monoisotopic (exact) mass is 1270 g/mol. The Morgan fingerprint density at radius 2 is 1.13 bits per heavy atom. The smallest absolute Gasteiger partial charge is 0.327 e. The van der Waals surface area contributed by atoms with Crippen LogP contribution in [0.4, 0.5) is 17.5 Å². The molecule has 7 heterocycles. The van der Waals surface area contributed by atoms with E-state index in [0.717, 1.165) is 25.8 Å². The van der Waals surface area contributed by atoms with Gasteiger partial charge in [0.25, 0.3) is 0 Å². The van der Waals surface area contributed by atoms with Crippen molar-refractivity contribution in [2.45, 2.75) is 53.2 Å². The first kappa shape index (κ1) is 68.8. The Bertz CT molecular complexity index is 3470. The number of nitrogens with two attached hydrogens (primary N) is 2. The van der Waals surface area contributed by atoms with Crippen molar-refractivity contribution in [3.8, 4) is 52.2 Å². The van der Waals surface area contributed by atoms with Gasteiger partial charge in [-0.25, -0.2) is 14.0 Å². The van der Waals surface area contributed by atoms with Gasteiger partial charge in [-0.1, -0.05) is 24.1 Å². The second-order valence-electron chi connectivity index (χ2n) is 16.5. The molecule has 26 nitrogen and oxygen atoms in total. The molecule has 0 atom stereocenters. The van der Waals surface area contributed by atoms with Crippen LogP contribution >= 0.6 is 22.6 Å². The Morgan fingerprint density at radius 3 is 1.58 bits per heavy atom. The highest BCUT2D eigenvalue weighted by molar-refractivity contribution is 14.1. The summed E-state index contributed by atoms with van der Waals surface area (Å²) in [7, 11) is 3.92. The largest absolute Gasteiger partial charge is 0.468 e. The number of carbonyl (C=O) groups is 7. The Morgan fingerprint density at radius 1 is 0.635 bits per heavy atom. The average Bonchev–Trinajstić information content (AvgIpc) is 2.78. The molecule has 0 fully saturated rings. The van der Waals surface area contributed by atoms with E-state index in [0.29, 0.717) is 59.7 Å². The second kappa shape index (κ2) is 38.2. The van der Waals surface area contributed by atoms with Crippen LogP contribution in [0.5, 0.6) is 0 Å². The van der Waals surface area contributed by atoms with Crippen LogP contribution in [0.1, 0.15) is 49.5 Å². The zero-order valence-corrected chi connectivity index (χ0v) is 49.4. The summed E-state index contributed by atoms with van der Waals surface area (Å²) in [6.45, 7) is 5.22. The van der Waals surface area contributed by atoms with Gasteiger partial charge in [0.1, 0.15) is 42.8 Å². The van der Waals surface area contributed by atoms with Crippen LogP contribution in [0.3, 0.4) is 0 Å². The van der Waals surface area contributed by atoms with Gasteiger partial charge < -0.3 is 41.0 Å². The number of nitrogens with one attached hydrogen (secondary N) is 2. The lowest BCUT2D eigenvalue weighted by Crippen LogP contribution is -2.18. The van der Waals surface area contributed by atoms with Crippen molar-refractivity contribution in [3.63, 3.8) is 0 Å². The summed E-state index contributed by atoms with van der Waals surface area (Å²) in [5, 5.41) is 26.4. The first-order chi connectivity index (χ1) is 40.9. The summed E-state index contributed by atoms with van der Waals surface area (Å²) in [6.07, 6.45) is 18.4. The van der Waals surface area contributed by atoms with E-state index in [-0.39, 0.29) is 49.6 Å². The van der Waals surface area contributed by atoms with Gasteiger partial charge >= 0.3 is 23.9 Å². The number of benzene rings is 1. The van der Waals surface area contributed by atoms with E-state index in [9.17, 15) is 33.6 Å². The molecule has 8 aromatic rings. The van der Waals surface area contributed by atoms with Crippen LogP contribution in [0.15, 0.2) is 141 Å². The predicted octanol–water partition coefficient (Wildman–Crippen LogP) is 6.20. The quantitative estimate of drug-likeness (QED) is 0.0275. The van der Waals surface area contributed by atoms with Crippen LogP contribution in [0.2, 0.25) is 0 Å². The van der Waals surface area contributed by atoms with Crippen molar-refractivity contribution in [2.75, 3.05) is 50.8 Å². The molecule has 0 radical (unpaired) electrons. The molecule has 442 valence electrons. The van der Waals surface area contributed by atoms with Gasteiger partial charge in [0, 0.05) is 110 Å². The van der Waals surface area contributed by atoms with E-state index in [2.05, 4.69) is 93.3 Å². The molecule has 0 aliphatic carbocycles. The topological polar surface area (TPSA) is 361 Å². The van der Waals surface area contributed by atoms with Gasteiger partial charge in [0.2, 0.25) is 11.8 Å². The lowest BCUT2D eigenvalue weighted by atomic mass is 10.1. The molecule has 1 aromatic carbocycles. The maximum absolute atomic E-state index is 11.5. The third-order valence-electron chi connectivity index (χ3n) is 10.3. The molecule has 27 heteroatoms. The van der Waals surface area contributed by atoms with Gasteiger partial charge in [-0.2, -0.15) is 20.6 Å². The number of ether oxygens (including phenoxy) is 4. The Labute approximate surface area is 503 Å². The van der Waals surface area contributed by atoms with E-state index >= 15 is 0 Å². The summed E-state index contributed by atoms with van der Waals surface area (Å²) in [5.41, 5.74) is 16.6. The van der Waals surface area contributed by atoms with Crippen molar-refractivity contribution in [1.29, 1.82) is 5.26 Å². The molecule has 8 rings (SSSR count). The first-order valence-corrected chi connectivity index (χ1v) is 26.3. The van der Waals surface area contributed by atoms with Gasteiger partial charge in [0.05, 0.1) is 61.8 Å². The van der Waals surface area contributed by atoms with E-state index < -0.39 is 17.9 Å². The minimum absolute atomic E-state index is 0.00257. The van der Waals surface area contributed by atoms with Gasteiger partial charge in [-0.3, -0.25) is 53.5 Å². The number of pyridine rings is 4. The lowest BCUT2D eigenvalue weighted by molar-refractivity contribution is -0.143. The summed E-state index contributed by atoms with van der Waals surface area (Å²) in [5.74, 6) is 1.68. The number of ketones is 1. The van der Waals surface area contributed by atoms with Crippen molar-refractivity contribution in [2.24, 2.45) is 5.73 Å². The molecule has 6 N–H and O–H groups in total. The fraction of sp³-hybridized carbons (Fsp3) is 0.224. The number of aromatic nitrogens is 10. The highest BCUT2D eigenvalue weighted by Crippen LogP contribution is 2.30. The predicted molar refractivity (Wildman–Crippen MR) is 322 cm³/mol. The summed E-state index contributed by atoms with van der Waals surface area (Å²) in [4.78, 5) is 93.6. The zero-order chi connectivity index (χ0) is 62.5. The fourth-order valence-corrected chi connectivity index (χ4v) is 7.19. The van der Waals surface area contributed by atoms with Crippen molar-refractivity contribution < 1.29 is 52.5 Å². The minimum atomic E-state index is -0.447.